The van der Waals surface area contributed by atoms with Crippen LogP contribution in [0, 0.1) is 0 Å². The van der Waals surface area contributed by atoms with Gasteiger partial charge in [0.25, 0.3) is 5.91 Å². The largest absolute Gasteiger partial charge is 0.456 e. The van der Waals surface area contributed by atoms with Gasteiger partial charge in [0.05, 0.1) is 10.5 Å². The molecule has 0 bridgehead atoms. The summed E-state index contributed by atoms with van der Waals surface area (Å²) in [6.07, 6.45) is 5.15. The minimum absolute atomic E-state index is 0.0831. The number of pyridine rings is 1. The third-order valence-corrected chi connectivity index (χ3v) is 7.26. The van der Waals surface area contributed by atoms with E-state index < -0.39 is 9.84 Å². The molecule has 0 saturated carbocycles. The molecule has 3 aromatic carbocycles. The van der Waals surface area contributed by atoms with Crippen LogP contribution in [-0.2, 0) is 16.4 Å². The highest BCUT2D eigenvalue weighted by atomic mass is 32.2. The average molecular weight is 484 g/mol. The van der Waals surface area contributed by atoms with Crippen LogP contribution < -0.4 is 10.1 Å². The molecule has 0 fully saturated rings. The zero-order chi connectivity index (χ0) is 24.3. The topological polar surface area (TPSA) is 89.8 Å². The monoisotopic (exact) mass is 483 g/mol. The highest BCUT2D eigenvalue weighted by molar-refractivity contribution is 7.91. The van der Waals surface area contributed by atoms with Crippen molar-refractivity contribution in [2.45, 2.75) is 16.3 Å². The number of benzene rings is 3. The number of fused-ring (bicyclic) bond motifs is 1. The van der Waals surface area contributed by atoms with Crippen molar-refractivity contribution in [2.24, 2.45) is 0 Å². The molecular formula is C27H21N3O4S. The second-order valence-electron chi connectivity index (χ2n) is 7.80. The van der Waals surface area contributed by atoms with Crippen LogP contribution in [0.3, 0.4) is 0 Å². The van der Waals surface area contributed by atoms with Gasteiger partial charge < -0.3 is 14.5 Å². The summed E-state index contributed by atoms with van der Waals surface area (Å²) in [5.74, 6) is 0.572. The molecule has 0 aliphatic rings. The molecule has 0 saturated heterocycles. The van der Waals surface area contributed by atoms with Gasteiger partial charge in [-0.3, -0.25) is 4.79 Å². The Kier molecular flexibility index (Phi) is 6.03. The molecule has 35 heavy (non-hydrogen) atoms. The Morgan fingerprint density at radius 3 is 2.43 bits per heavy atom. The minimum Gasteiger partial charge on any atom is -0.456 e. The van der Waals surface area contributed by atoms with Crippen LogP contribution in [0.1, 0.15) is 15.9 Å². The number of sulfone groups is 1. The number of rotatable bonds is 7. The zero-order valence-corrected chi connectivity index (χ0v) is 19.4. The molecule has 1 N–H and O–H groups in total. The van der Waals surface area contributed by atoms with Crippen molar-refractivity contribution in [3.05, 3.63) is 121 Å². The van der Waals surface area contributed by atoms with Crippen LogP contribution in [0.25, 0.3) is 5.65 Å². The Bertz CT molecular complexity index is 1590. The minimum atomic E-state index is -3.82. The van der Waals surface area contributed by atoms with Gasteiger partial charge in [0.1, 0.15) is 22.0 Å². The van der Waals surface area contributed by atoms with Crippen LogP contribution in [0.15, 0.2) is 119 Å². The number of para-hydroxylation sites is 2. The maximum Gasteiger partial charge on any atom is 0.253 e. The first-order valence-corrected chi connectivity index (χ1v) is 12.4. The highest BCUT2D eigenvalue weighted by Gasteiger charge is 2.22. The number of carbonyl (C=O) groups excluding carboxylic acids is 1. The molecule has 0 unspecified atom stereocenters. The maximum atomic E-state index is 13.3. The molecule has 8 heteroatoms. The fraction of sp³-hybridized carbons (Fsp3) is 0.0370. The van der Waals surface area contributed by atoms with Gasteiger partial charge in [0.15, 0.2) is 0 Å². The average Bonchev–Trinajstić information content (AvgIpc) is 3.36. The van der Waals surface area contributed by atoms with Gasteiger partial charge in [0.2, 0.25) is 9.84 Å². The quantitative estimate of drug-likeness (QED) is 0.356. The van der Waals surface area contributed by atoms with Crippen molar-refractivity contribution in [2.75, 3.05) is 0 Å². The van der Waals surface area contributed by atoms with E-state index >= 15 is 0 Å². The van der Waals surface area contributed by atoms with Gasteiger partial charge in [-0.1, -0.05) is 42.5 Å². The van der Waals surface area contributed by atoms with Crippen molar-refractivity contribution in [3.63, 3.8) is 0 Å². The van der Waals surface area contributed by atoms with E-state index in [-0.39, 0.29) is 28.0 Å². The lowest BCUT2D eigenvalue weighted by Crippen LogP contribution is -2.23. The van der Waals surface area contributed by atoms with E-state index in [0.717, 1.165) is 11.2 Å². The molecule has 5 rings (SSSR count). The maximum absolute atomic E-state index is 13.3. The van der Waals surface area contributed by atoms with Crippen molar-refractivity contribution in [1.82, 2.24) is 14.7 Å². The van der Waals surface area contributed by atoms with Crippen LogP contribution in [0.4, 0.5) is 0 Å². The predicted molar refractivity (Wildman–Crippen MR) is 131 cm³/mol. The Balaban J connectivity index is 1.30. The lowest BCUT2D eigenvalue weighted by molar-refractivity contribution is 0.0950. The van der Waals surface area contributed by atoms with Crippen LogP contribution in [-0.4, -0.2) is 23.7 Å². The number of imidazole rings is 1. The Morgan fingerprint density at radius 2 is 1.63 bits per heavy atom. The first-order chi connectivity index (χ1) is 17.0. The fourth-order valence-electron chi connectivity index (χ4n) is 3.62. The summed E-state index contributed by atoms with van der Waals surface area (Å²) >= 11 is 0. The Labute approximate surface area is 202 Å². The molecule has 0 atom stereocenters. The van der Waals surface area contributed by atoms with E-state index in [1.165, 1.54) is 18.2 Å². The third kappa shape index (κ3) is 4.78. The smallest absolute Gasteiger partial charge is 0.253 e. The summed E-state index contributed by atoms with van der Waals surface area (Å²) < 4.78 is 34.3. The van der Waals surface area contributed by atoms with Gasteiger partial charge in [-0.05, 0) is 54.1 Å². The number of hydrogen-bond acceptors (Lipinski definition) is 5. The number of hydrogen-bond donors (Lipinski definition) is 1. The summed E-state index contributed by atoms with van der Waals surface area (Å²) in [6, 6.07) is 25.5. The van der Waals surface area contributed by atoms with Crippen molar-refractivity contribution in [3.8, 4) is 11.5 Å². The van der Waals surface area contributed by atoms with Crippen molar-refractivity contribution in [1.29, 1.82) is 0 Å². The van der Waals surface area contributed by atoms with Crippen LogP contribution in [0.5, 0.6) is 11.5 Å². The Morgan fingerprint density at radius 1 is 0.886 bits per heavy atom. The number of nitrogens with one attached hydrogen (secondary N) is 1. The summed E-state index contributed by atoms with van der Waals surface area (Å²) in [6.45, 7) is 0.259. The zero-order valence-electron chi connectivity index (χ0n) is 18.5. The second-order valence-corrected chi connectivity index (χ2v) is 9.72. The first-order valence-electron chi connectivity index (χ1n) is 10.9. The van der Waals surface area contributed by atoms with E-state index in [9.17, 15) is 13.2 Å². The molecule has 1 amide bonds. The first kappa shape index (κ1) is 22.4. The normalized spacial score (nSPS) is 11.3. The number of amides is 1. The van der Waals surface area contributed by atoms with Gasteiger partial charge in [-0.15, -0.1) is 0 Å². The molecule has 174 valence electrons. The van der Waals surface area contributed by atoms with E-state index in [0.29, 0.717) is 11.3 Å². The molecular weight excluding hydrogens is 462 g/mol. The molecule has 0 aliphatic carbocycles. The standard InChI is InChI=1S/C27H21N3O4S/c31-27(21-12-15-26-28-16-17-30(26)19-21)29-18-20-10-13-23(14-11-20)35(32,33)25-9-5-4-8-24(25)34-22-6-2-1-3-7-22/h1-17,19H,18H2,(H,29,31). The van der Waals surface area contributed by atoms with Crippen LogP contribution >= 0.6 is 0 Å². The van der Waals surface area contributed by atoms with Crippen molar-refractivity contribution >= 4 is 21.4 Å². The van der Waals surface area contributed by atoms with E-state index in [4.69, 9.17) is 4.74 Å². The molecule has 2 heterocycles. The molecule has 0 radical (unpaired) electrons. The van der Waals surface area contributed by atoms with Gasteiger partial charge in [-0.2, -0.15) is 0 Å². The van der Waals surface area contributed by atoms with Gasteiger partial charge in [0, 0.05) is 25.1 Å². The molecule has 7 nitrogen and oxygen atoms in total. The predicted octanol–water partition coefficient (Wildman–Crippen LogP) is 4.89. The lowest BCUT2D eigenvalue weighted by atomic mass is 10.2. The van der Waals surface area contributed by atoms with Crippen molar-refractivity contribution < 1.29 is 17.9 Å². The summed E-state index contributed by atoms with van der Waals surface area (Å²) in [4.78, 5) is 16.9. The highest BCUT2D eigenvalue weighted by Crippen LogP contribution is 2.32. The van der Waals surface area contributed by atoms with Gasteiger partial charge >= 0.3 is 0 Å². The summed E-state index contributed by atoms with van der Waals surface area (Å²) in [5, 5.41) is 2.86. The second kappa shape index (κ2) is 9.44. The number of carbonyl (C=O) groups is 1. The summed E-state index contributed by atoms with van der Waals surface area (Å²) in [7, 11) is -3.82. The van der Waals surface area contributed by atoms with Gasteiger partial charge in [-0.25, -0.2) is 13.4 Å². The van der Waals surface area contributed by atoms with Crippen LogP contribution in [0.2, 0.25) is 0 Å². The van der Waals surface area contributed by atoms with E-state index in [2.05, 4.69) is 10.3 Å². The Hall–Kier alpha value is -4.43. The third-order valence-electron chi connectivity index (χ3n) is 5.45. The number of aromatic nitrogens is 2. The molecule has 0 aliphatic heterocycles. The summed E-state index contributed by atoms with van der Waals surface area (Å²) in [5.41, 5.74) is 2.04. The molecule has 5 aromatic rings. The molecule has 0 spiro atoms. The fourth-order valence-corrected chi connectivity index (χ4v) is 5.00. The molecule has 2 aromatic heterocycles. The lowest BCUT2D eigenvalue weighted by Gasteiger charge is -2.12. The van der Waals surface area contributed by atoms with E-state index in [1.54, 1.807) is 77.6 Å². The number of ether oxygens (including phenoxy) is 1. The SMILES string of the molecule is O=C(NCc1ccc(S(=O)(=O)c2ccccc2Oc2ccccc2)cc1)c1ccc2nccn2c1. The van der Waals surface area contributed by atoms with E-state index in [1.807, 2.05) is 18.2 Å². The number of nitrogens with zero attached hydrogens (tertiary/aromatic N) is 2.